The van der Waals surface area contributed by atoms with Crippen molar-refractivity contribution in [1.82, 2.24) is 10.1 Å². The highest BCUT2D eigenvalue weighted by molar-refractivity contribution is 6.30. The lowest BCUT2D eigenvalue weighted by Gasteiger charge is -2.08. The van der Waals surface area contributed by atoms with E-state index in [0.29, 0.717) is 25.0 Å². The number of ether oxygens (including phenoxy) is 1. The van der Waals surface area contributed by atoms with Gasteiger partial charge in [-0.05, 0) is 17.7 Å². The quantitative estimate of drug-likeness (QED) is 0.936. The van der Waals surface area contributed by atoms with Crippen molar-refractivity contribution in [2.45, 2.75) is 32.7 Å². The molecule has 6 heteroatoms. The van der Waals surface area contributed by atoms with Crippen LogP contribution in [0.1, 0.15) is 36.7 Å². The SMILES string of the molecule is CC(C)c1noc(NCc2cc(Cl)cc3c2OCC3)n1. The van der Waals surface area contributed by atoms with E-state index in [-0.39, 0.29) is 5.92 Å². The molecule has 5 nitrogen and oxygen atoms in total. The Bertz CT molecular complexity index is 625. The predicted octanol–water partition coefficient (Wildman–Crippen LogP) is 3.39. The van der Waals surface area contributed by atoms with Gasteiger partial charge in [0.05, 0.1) is 6.61 Å². The Labute approximate surface area is 122 Å². The Morgan fingerprint density at radius 1 is 1.40 bits per heavy atom. The van der Waals surface area contributed by atoms with Crippen LogP contribution in [0.4, 0.5) is 6.01 Å². The topological polar surface area (TPSA) is 60.2 Å². The van der Waals surface area contributed by atoms with Crippen LogP contribution in [-0.4, -0.2) is 16.7 Å². The molecule has 0 unspecified atom stereocenters. The number of benzene rings is 1. The number of aromatic nitrogens is 2. The number of hydrogen-bond donors (Lipinski definition) is 1. The van der Waals surface area contributed by atoms with Gasteiger partial charge in [0.15, 0.2) is 5.82 Å². The molecule has 20 heavy (non-hydrogen) atoms. The fraction of sp³-hybridized carbons (Fsp3) is 0.429. The van der Waals surface area contributed by atoms with Gasteiger partial charge in [0, 0.05) is 29.5 Å². The van der Waals surface area contributed by atoms with E-state index in [4.69, 9.17) is 20.9 Å². The minimum atomic E-state index is 0.244. The van der Waals surface area contributed by atoms with Crippen molar-refractivity contribution < 1.29 is 9.26 Å². The van der Waals surface area contributed by atoms with Crippen LogP contribution in [0, 0.1) is 0 Å². The van der Waals surface area contributed by atoms with E-state index in [2.05, 4.69) is 15.5 Å². The summed E-state index contributed by atoms with van der Waals surface area (Å²) in [7, 11) is 0. The Balaban J connectivity index is 1.75. The van der Waals surface area contributed by atoms with E-state index in [1.54, 1.807) is 0 Å². The first-order chi connectivity index (χ1) is 9.63. The second kappa shape index (κ2) is 5.32. The van der Waals surface area contributed by atoms with Gasteiger partial charge < -0.3 is 14.6 Å². The summed E-state index contributed by atoms with van der Waals surface area (Å²) in [4.78, 5) is 4.28. The number of rotatable bonds is 4. The third-order valence-corrected chi connectivity index (χ3v) is 3.43. The van der Waals surface area contributed by atoms with Crippen LogP contribution in [0.15, 0.2) is 16.7 Å². The molecule has 0 saturated carbocycles. The smallest absolute Gasteiger partial charge is 0.321 e. The maximum Gasteiger partial charge on any atom is 0.321 e. The van der Waals surface area contributed by atoms with Crippen molar-refractivity contribution in [3.8, 4) is 5.75 Å². The fourth-order valence-electron chi connectivity index (χ4n) is 2.19. The molecule has 1 aromatic heterocycles. The van der Waals surface area contributed by atoms with Crippen molar-refractivity contribution in [3.05, 3.63) is 34.1 Å². The van der Waals surface area contributed by atoms with Crippen LogP contribution in [-0.2, 0) is 13.0 Å². The van der Waals surface area contributed by atoms with E-state index in [9.17, 15) is 0 Å². The number of nitrogens with one attached hydrogen (secondary N) is 1. The number of nitrogens with zero attached hydrogens (tertiary/aromatic N) is 2. The minimum absolute atomic E-state index is 0.244. The van der Waals surface area contributed by atoms with Gasteiger partial charge in [0.25, 0.3) is 0 Å². The summed E-state index contributed by atoms with van der Waals surface area (Å²) in [6.07, 6.45) is 0.904. The van der Waals surface area contributed by atoms with Gasteiger partial charge in [-0.25, -0.2) is 0 Å². The average Bonchev–Trinajstić information content (AvgIpc) is 3.04. The molecular weight excluding hydrogens is 278 g/mol. The second-order valence-corrected chi connectivity index (χ2v) is 5.55. The van der Waals surface area contributed by atoms with Gasteiger partial charge in [-0.2, -0.15) is 4.98 Å². The van der Waals surface area contributed by atoms with Gasteiger partial charge in [0.1, 0.15) is 5.75 Å². The van der Waals surface area contributed by atoms with E-state index in [1.165, 1.54) is 0 Å². The summed E-state index contributed by atoms with van der Waals surface area (Å²) in [5.74, 6) is 1.86. The molecule has 0 spiro atoms. The summed E-state index contributed by atoms with van der Waals surface area (Å²) < 4.78 is 10.8. The van der Waals surface area contributed by atoms with Gasteiger partial charge >= 0.3 is 6.01 Å². The molecule has 1 aliphatic rings. The van der Waals surface area contributed by atoms with Crippen molar-refractivity contribution in [2.24, 2.45) is 0 Å². The Morgan fingerprint density at radius 3 is 3.00 bits per heavy atom. The van der Waals surface area contributed by atoms with Crippen LogP contribution in [0.5, 0.6) is 5.75 Å². The van der Waals surface area contributed by atoms with Crippen LogP contribution >= 0.6 is 11.6 Å². The van der Waals surface area contributed by atoms with Gasteiger partial charge in [0.2, 0.25) is 0 Å². The Hall–Kier alpha value is -1.75. The number of halogens is 1. The van der Waals surface area contributed by atoms with Crippen LogP contribution in [0.2, 0.25) is 5.02 Å². The zero-order chi connectivity index (χ0) is 14.1. The molecule has 1 N–H and O–H groups in total. The molecule has 0 aliphatic carbocycles. The molecule has 1 aromatic carbocycles. The Kier molecular flexibility index (Phi) is 3.53. The third kappa shape index (κ3) is 2.58. The summed E-state index contributed by atoms with van der Waals surface area (Å²) in [5, 5.41) is 7.75. The van der Waals surface area contributed by atoms with Gasteiger partial charge in [-0.15, -0.1) is 0 Å². The maximum absolute atomic E-state index is 6.12. The average molecular weight is 294 g/mol. The lowest BCUT2D eigenvalue weighted by molar-refractivity contribution is 0.353. The van der Waals surface area contributed by atoms with Crippen molar-refractivity contribution in [3.63, 3.8) is 0 Å². The molecule has 2 heterocycles. The largest absolute Gasteiger partial charge is 0.493 e. The van der Waals surface area contributed by atoms with E-state index >= 15 is 0 Å². The van der Waals surface area contributed by atoms with E-state index < -0.39 is 0 Å². The van der Waals surface area contributed by atoms with Crippen molar-refractivity contribution in [2.75, 3.05) is 11.9 Å². The molecule has 0 saturated heterocycles. The second-order valence-electron chi connectivity index (χ2n) is 5.12. The van der Waals surface area contributed by atoms with E-state index in [1.807, 2.05) is 26.0 Å². The first kappa shape index (κ1) is 13.2. The van der Waals surface area contributed by atoms with Gasteiger partial charge in [-0.3, -0.25) is 0 Å². The summed E-state index contributed by atoms with van der Waals surface area (Å²) in [6, 6.07) is 4.27. The molecule has 0 amide bonds. The number of hydrogen-bond acceptors (Lipinski definition) is 5. The highest BCUT2D eigenvalue weighted by Gasteiger charge is 2.18. The van der Waals surface area contributed by atoms with Gasteiger partial charge in [-0.1, -0.05) is 30.6 Å². The summed E-state index contributed by atoms with van der Waals surface area (Å²) in [5.41, 5.74) is 2.16. The summed E-state index contributed by atoms with van der Waals surface area (Å²) >= 11 is 6.12. The van der Waals surface area contributed by atoms with Crippen LogP contribution in [0.25, 0.3) is 0 Å². The molecule has 1 aliphatic heterocycles. The molecule has 0 radical (unpaired) electrons. The molecule has 106 valence electrons. The number of fused-ring (bicyclic) bond motifs is 1. The molecular formula is C14H16ClN3O2. The predicted molar refractivity (Wildman–Crippen MR) is 76.4 cm³/mol. The van der Waals surface area contributed by atoms with Crippen LogP contribution in [0.3, 0.4) is 0 Å². The third-order valence-electron chi connectivity index (χ3n) is 3.21. The molecule has 0 bridgehead atoms. The first-order valence-corrected chi connectivity index (χ1v) is 7.03. The first-order valence-electron chi connectivity index (χ1n) is 6.65. The standard InChI is InChI=1S/C14H16ClN3O2/c1-8(2)13-17-14(20-18-13)16-7-10-6-11(15)5-9-3-4-19-12(9)10/h5-6,8H,3-4,7H2,1-2H3,(H,16,17,18). The lowest BCUT2D eigenvalue weighted by atomic mass is 10.1. The van der Waals surface area contributed by atoms with Crippen molar-refractivity contribution >= 4 is 17.6 Å². The van der Waals surface area contributed by atoms with Crippen LogP contribution < -0.4 is 10.1 Å². The Morgan fingerprint density at radius 2 is 2.25 bits per heavy atom. The lowest BCUT2D eigenvalue weighted by Crippen LogP contribution is -2.02. The summed E-state index contributed by atoms with van der Waals surface area (Å²) in [6.45, 7) is 5.29. The zero-order valence-corrected chi connectivity index (χ0v) is 12.2. The number of anilines is 1. The molecule has 3 rings (SSSR count). The monoisotopic (exact) mass is 293 g/mol. The van der Waals surface area contributed by atoms with E-state index in [0.717, 1.165) is 28.3 Å². The normalized spacial score (nSPS) is 13.4. The molecule has 2 aromatic rings. The highest BCUT2D eigenvalue weighted by Crippen LogP contribution is 2.33. The zero-order valence-electron chi connectivity index (χ0n) is 11.4. The maximum atomic E-state index is 6.12. The minimum Gasteiger partial charge on any atom is -0.493 e. The molecule has 0 atom stereocenters. The highest BCUT2D eigenvalue weighted by atomic mass is 35.5. The van der Waals surface area contributed by atoms with Crippen molar-refractivity contribution in [1.29, 1.82) is 0 Å². The fourth-order valence-corrected chi connectivity index (χ4v) is 2.45. The molecule has 0 fully saturated rings.